The van der Waals surface area contributed by atoms with Crippen molar-refractivity contribution in [3.8, 4) is 12.1 Å². The molecule has 0 unspecified atom stereocenters. The molecule has 0 aromatic heterocycles. The molecule has 86 valence electrons. The Morgan fingerprint density at radius 1 is 1.35 bits per heavy atom. The number of benzene rings is 1. The van der Waals surface area contributed by atoms with E-state index in [2.05, 4.69) is 0 Å². The number of rotatable bonds is 4. The summed E-state index contributed by atoms with van der Waals surface area (Å²) >= 11 is 0. The average molecular weight is 229 g/mol. The zero-order valence-corrected chi connectivity index (χ0v) is 9.43. The van der Waals surface area contributed by atoms with Crippen molar-refractivity contribution in [1.29, 1.82) is 10.5 Å². The maximum Gasteiger partial charge on any atom is 0.273 e. The van der Waals surface area contributed by atoms with Crippen LogP contribution >= 0.6 is 0 Å². The first-order valence-electron chi connectivity index (χ1n) is 5.21. The third kappa shape index (κ3) is 2.59. The zero-order valence-electron chi connectivity index (χ0n) is 9.43. The van der Waals surface area contributed by atoms with Gasteiger partial charge in [0.1, 0.15) is 0 Å². The summed E-state index contributed by atoms with van der Waals surface area (Å²) < 4.78 is 0. The van der Waals surface area contributed by atoms with E-state index in [1.165, 1.54) is 12.1 Å². The van der Waals surface area contributed by atoms with Gasteiger partial charge in [-0.25, -0.2) is 0 Å². The van der Waals surface area contributed by atoms with Gasteiger partial charge in [-0.3, -0.25) is 10.1 Å². The highest BCUT2D eigenvalue weighted by Gasteiger charge is 2.19. The van der Waals surface area contributed by atoms with E-state index < -0.39 is 4.92 Å². The number of hydrogen-bond donors (Lipinski definition) is 0. The van der Waals surface area contributed by atoms with Gasteiger partial charge in [0.05, 0.1) is 29.0 Å². The van der Waals surface area contributed by atoms with Crippen molar-refractivity contribution in [3.63, 3.8) is 0 Å². The summed E-state index contributed by atoms with van der Waals surface area (Å²) in [6.45, 7) is 1.93. The summed E-state index contributed by atoms with van der Waals surface area (Å²) in [5.41, 5.74) is 1.35. The van der Waals surface area contributed by atoms with Crippen LogP contribution in [0.3, 0.4) is 0 Å². The highest BCUT2D eigenvalue weighted by Crippen LogP contribution is 2.26. The molecule has 5 nitrogen and oxygen atoms in total. The Morgan fingerprint density at radius 2 is 2.06 bits per heavy atom. The molecule has 0 fully saturated rings. The van der Waals surface area contributed by atoms with Gasteiger partial charge in [0.25, 0.3) is 5.69 Å². The molecule has 0 heterocycles. The van der Waals surface area contributed by atoms with Crippen molar-refractivity contribution in [1.82, 2.24) is 0 Å². The summed E-state index contributed by atoms with van der Waals surface area (Å²) in [6, 6.07) is 6.67. The van der Waals surface area contributed by atoms with Gasteiger partial charge in [-0.2, -0.15) is 10.5 Å². The molecule has 1 rings (SSSR count). The second-order valence-corrected chi connectivity index (χ2v) is 3.54. The normalized spacial score (nSPS) is 9.35. The number of nitriles is 2. The summed E-state index contributed by atoms with van der Waals surface area (Å²) in [6.07, 6.45) is 1.30. The lowest BCUT2D eigenvalue weighted by atomic mass is 9.94. The van der Waals surface area contributed by atoms with Gasteiger partial charge >= 0.3 is 0 Å². The molecule has 0 spiro atoms. The molecule has 0 radical (unpaired) electrons. The van der Waals surface area contributed by atoms with Crippen molar-refractivity contribution in [3.05, 3.63) is 38.9 Å². The maximum atomic E-state index is 10.9. The van der Waals surface area contributed by atoms with Crippen molar-refractivity contribution in [2.24, 2.45) is 0 Å². The van der Waals surface area contributed by atoms with Crippen LogP contribution in [-0.4, -0.2) is 4.92 Å². The van der Waals surface area contributed by atoms with Gasteiger partial charge in [0.2, 0.25) is 0 Å². The standard InChI is InChI=1S/C12H11N3O2/c1-2-3-10-9(8-14)4-5-12(15(16)17)11(10)6-7-13/h4-5H,2-3,6H2,1H3. The third-order valence-electron chi connectivity index (χ3n) is 2.48. The second-order valence-electron chi connectivity index (χ2n) is 3.54. The van der Waals surface area contributed by atoms with Crippen LogP contribution in [0, 0.1) is 32.8 Å². The molecule has 5 heteroatoms. The van der Waals surface area contributed by atoms with E-state index in [9.17, 15) is 10.1 Å². The lowest BCUT2D eigenvalue weighted by Gasteiger charge is -2.08. The molecular formula is C12H11N3O2. The minimum atomic E-state index is -0.507. The molecule has 0 saturated carbocycles. The van der Waals surface area contributed by atoms with E-state index in [1.807, 2.05) is 19.1 Å². The van der Waals surface area contributed by atoms with E-state index >= 15 is 0 Å². The number of nitrogens with zero attached hydrogens (tertiary/aromatic N) is 3. The number of nitro benzene ring substituents is 1. The Bertz CT molecular complexity index is 524. The first kappa shape index (κ1) is 12.7. The van der Waals surface area contributed by atoms with Gasteiger partial charge < -0.3 is 0 Å². The molecule has 0 atom stereocenters. The van der Waals surface area contributed by atoms with Gasteiger partial charge in [-0.05, 0) is 18.1 Å². The van der Waals surface area contributed by atoms with E-state index in [4.69, 9.17) is 10.5 Å². The van der Waals surface area contributed by atoms with Crippen LogP contribution < -0.4 is 0 Å². The van der Waals surface area contributed by atoms with E-state index in [0.717, 1.165) is 6.42 Å². The molecule has 1 aromatic carbocycles. The number of nitro groups is 1. The van der Waals surface area contributed by atoms with Crippen molar-refractivity contribution >= 4 is 5.69 Å². The minimum Gasteiger partial charge on any atom is -0.258 e. The highest BCUT2D eigenvalue weighted by molar-refractivity contribution is 5.54. The molecule has 0 saturated heterocycles. The third-order valence-corrected chi connectivity index (χ3v) is 2.48. The van der Waals surface area contributed by atoms with E-state index in [0.29, 0.717) is 23.1 Å². The molecule has 0 aliphatic carbocycles. The van der Waals surface area contributed by atoms with Gasteiger partial charge in [-0.15, -0.1) is 0 Å². The van der Waals surface area contributed by atoms with E-state index in [-0.39, 0.29) is 12.1 Å². The summed E-state index contributed by atoms with van der Waals surface area (Å²) in [5, 5.41) is 28.6. The Balaban J connectivity index is 3.49. The average Bonchev–Trinajstić information content (AvgIpc) is 2.31. The van der Waals surface area contributed by atoms with Gasteiger partial charge in [0.15, 0.2) is 0 Å². The smallest absolute Gasteiger partial charge is 0.258 e. The first-order valence-corrected chi connectivity index (χ1v) is 5.21. The Kier molecular flexibility index (Phi) is 4.19. The van der Waals surface area contributed by atoms with Crippen LogP contribution in [0.25, 0.3) is 0 Å². The first-order chi connectivity index (χ1) is 8.15. The fourth-order valence-corrected chi connectivity index (χ4v) is 1.77. The topological polar surface area (TPSA) is 90.7 Å². The fraction of sp³-hybridized carbons (Fsp3) is 0.333. The predicted octanol–water partition coefficient (Wildman–Crippen LogP) is 2.49. The SMILES string of the molecule is CCCc1c(C#N)ccc([N+](=O)[O-])c1CC#N. The zero-order chi connectivity index (χ0) is 12.8. The largest absolute Gasteiger partial charge is 0.273 e. The number of hydrogen-bond acceptors (Lipinski definition) is 4. The molecule has 0 bridgehead atoms. The van der Waals surface area contributed by atoms with Crippen LogP contribution in [0.1, 0.15) is 30.0 Å². The summed E-state index contributed by atoms with van der Waals surface area (Å²) in [7, 11) is 0. The quantitative estimate of drug-likeness (QED) is 0.585. The highest BCUT2D eigenvalue weighted by atomic mass is 16.6. The van der Waals surface area contributed by atoms with Crippen LogP contribution in [-0.2, 0) is 12.8 Å². The molecule has 0 aliphatic heterocycles. The summed E-state index contributed by atoms with van der Waals surface area (Å²) in [4.78, 5) is 10.4. The Hall–Kier alpha value is -2.40. The van der Waals surface area contributed by atoms with Crippen LogP contribution in [0.4, 0.5) is 5.69 Å². The van der Waals surface area contributed by atoms with Gasteiger partial charge in [0, 0.05) is 11.6 Å². The van der Waals surface area contributed by atoms with Crippen LogP contribution in [0.5, 0.6) is 0 Å². The van der Waals surface area contributed by atoms with Crippen LogP contribution in [0.15, 0.2) is 12.1 Å². The molecule has 0 N–H and O–H groups in total. The molecule has 0 amide bonds. The lowest BCUT2D eigenvalue weighted by molar-refractivity contribution is -0.385. The Labute approximate surface area is 99.1 Å². The summed E-state index contributed by atoms with van der Waals surface area (Å²) in [5.74, 6) is 0. The Morgan fingerprint density at radius 3 is 2.53 bits per heavy atom. The van der Waals surface area contributed by atoms with Crippen molar-refractivity contribution in [2.75, 3.05) is 0 Å². The van der Waals surface area contributed by atoms with Crippen molar-refractivity contribution in [2.45, 2.75) is 26.2 Å². The van der Waals surface area contributed by atoms with Gasteiger partial charge in [-0.1, -0.05) is 13.3 Å². The molecule has 1 aromatic rings. The maximum absolute atomic E-state index is 10.9. The van der Waals surface area contributed by atoms with Crippen molar-refractivity contribution < 1.29 is 4.92 Å². The molecular weight excluding hydrogens is 218 g/mol. The lowest BCUT2D eigenvalue weighted by Crippen LogP contribution is -2.03. The minimum absolute atomic E-state index is 0.0405. The molecule has 17 heavy (non-hydrogen) atoms. The van der Waals surface area contributed by atoms with E-state index in [1.54, 1.807) is 0 Å². The molecule has 0 aliphatic rings. The second kappa shape index (κ2) is 5.62. The monoisotopic (exact) mass is 229 g/mol. The van der Waals surface area contributed by atoms with Crippen LogP contribution in [0.2, 0.25) is 0 Å². The fourth-order valence-electron chi connectivity index (χ4n) is 1.77. The predicted molar refractivity (Wildman–Crippen MR) is 61.1 cm³/mol.